The molecule has 0 unspecified atom stereocenters. The van der Waals surface area contributed by atoms with Crippen LogP contribution in [0.1, 0.15) is 12.0 Å². The number of benzene rings is 1. The Hall–Kier alpha value is -1.29. The van der Waals surface area contributed by atoms with Crippen molar-refractivity contribution in [3.8, 4) is 5.75 Å². The molecule has 0 bridgehead atoms. The highest BCUT2D eigenvalue weighted by Crippen LogP contribution is 2.27. The fourth-order valence-electron chi connectivity index (χ4n) is 1.01. The molecule has 1 rings (SSSR count). The molecule has 0 aliphatic carbocycles. The molecule has 0 radical (unpaired) electrons. The first-order valence-electron chi connectivity index (χ1n) is 3.89. The van der Waals surface area contributed by atoms with Gasteiger partial charge in [-0.3, -0.25) is 4.79 Å². The molecule has 3 nitrogen and oxygen atoms in total. The Kier molecular flexibility index (Phi) is 3.30. The minimum Gasteiger partial charge on any atom is -0.504 e. The zero-order chi connectivity index (χ0) is 10.7. The summed E-state index contributed by atoms with van der Waals surface area (Å²) in [6, 6.07) is 2.42. The lowest BCUT2D eigenvalue weighted by Gasteiger charge is -2.02. The summed E-state index contributed by atoms with van der Waals surface area (Å²) in [7, 11) is 0. The molecule has 14 heavy (non-hydrogen) atoms. The Morgan fingerprint density at radius 3 is 2.64 bits per heavy atom. The van der Waals surface area contributed by atoms with Crippen LogP contribution >= 0.6 is 11.6 Å². The molecule has 0 saturated heterocycles. The molecule has 5 heteroatoms. The van der Waals surface area contributed by atoms with E-state index in [2.05, 4.69) is 0 Å². The molecule has 0 spiro atoms. The summed E-state index contributed by atoms with van der Waals surface area (Å²) in [4.78, 5) is 10.2. The quantitative estimate of drug-likeness (QED) is 0.818. The van der Waals surface area contributed by atoms with Crippen molar-refractivity contribution >= 4 is 17.6 Å². The molecule has 0 atom stereocenters. The molecule has 1 aromatic rings. The van der Waals surface area contributed by atoms with E-state index in [1.54, 1.807) is 0 Å². The molecule has 0 aliphatic rings. The molecule has 0 fully saturated rings. The lowest BCUT2D eigenvalue weighted by atomic mass is 10.1. The second kappa shape index (κ2) is 4.28. The van der Waals surface area contributed by atoms with Gasteiger partial charge in [-0.05, 0) is 24.1 Å². The number of carbonyl (C=O) groups is 1. The third-order valence-corrected chi connectivity index (χ3v) is 1.99. The van der Waals surface area contributed by atoms with Gasteiger partial charge in [0.05, 0.1) is 5.02 Å². The van der Waals surface area contributed by atoms with E-state index < -0.39 is 17.5 Å². The van der Waals surface area contributed by atoms with Crippen molar-refractivity contribution in [1.29, 1.82) is 0 Å². The van der Waals surface area contributed by atoms with E-state index >= 15 is 0 Å². The van der Waals surface area contributed by atoms with E-state index in [-0.39, 0.29) is 17.9 Å². The maximum Gasteiger partial charge on any atom is 0.303 e. The number of phenolic OH excluding ortho intramolecular Hbond substituents is 1. The minimum absolute atomic E-state index is 0.0967. The largest absolute Gasteiger partial charge is 0.504 e. The first kappa shape index (κ1) is 10.8. The SMILES string of the molecule is O=C(O)CCc1cc(F)c(O)c(Cl)c1. The van der Waals surface area contributed by atoms with Crippen LogP contribution in [0.2, 0.25) is 5.02 Å². The number of aliphatic carboxylic acids is 1. The molecule has 0 saturated carbocycles. The van der Waals surface area contributed by atoms with Gasteiger partial charge in [0.2, 0.25) is 0 Å². The Morgan fingerprint density at radius 2 is 2.14 bits per heavy atom. The van der Waals surface area contributed by atoms with Crippen LogP contribution in [-0.2, 0) is 11.2 Å². The van der Waals surface area contributed by atoms with Crippen LogP contribution in [0, 0.1) is 5.82 Å². The maximum absolute atomic E-state index is 12.9. The Bertz CT molecular complexity index is 342. The number of phenols is 1. The zero-order valence-electron chi connectivity index (χ0n) is 7.13. The molecule has 0 aromatic heterocycles. The molecule has 2 N–H and O–H groups in total. The van der Waals surface area contributed by atoms with Crippen LogP contribution in [-0.4, -0.2) is 16.2 Å². The van der Waals surface area contributed by atoms with Crippen LogP contribution in [0.5, 0.6) is 5.75 Å². The van der Waals surface area contributed by atoms with E-state index in [0.717, 1.165) is 6.07 Å². The van der Waals surface area contributed by atoms with Gasteiger partial charge in [0, 0.05) is 6.42 Å². The highest BCUT2D eigenvalue weighted by Gasteiger charge is 2.08. The highest BCUT2D eigenvalue weighted by molar-refractivity contribution is 6.32. The molecule has 0 aliphatic heterocycles. The fraction of sp³-hybridized carbons (Fsp3) is 0.222. The number of hydrogen-bond acceptors (Lipinski definition) is 2. The number of carboxylic acid groups (broad SMARTS) is 1. The van der Waals surface area contributed by atoms with Crippen molar-refractivity contribution in [2.24, 2.45) is 0 Å². The normalized spacial score (nSPS) is 10.1. The molecule has 0 heterocycles. The highest BCUT2D eigenvalue weighted by atomic mass is 35.5. The monoisotopic (exact) mass is 218 g/mol. The summed E-state index contributed by atoms with van der Waals surface area (Å²) < 4.78 is 12.9. The molecule has 76 valence electrons. The third-order valence-electron chi connectivity index (χ3n) is 1.70. The summed E-state index contributed by atoms with van der Waals surface area (Å²) in [6.07, 6.45) is 0.0901. The average molecular weight is 219 g/mol. The summed E-state index contributed by atoms with van der Waals surface area (Å²) in [6.45, 7) is 0. The Morgan fingerprint density at radius 1 is 1.50 bits per heavy atom. The third kappa shape index (κ3) is 2.60. The van der Waals surface area contributed by atoms with E-state index in [1.807, 2.05) is 0 Å². The number of rotatable bonds is 3. The smallest absolute Gasteiger partial charge is 0.303 e. The molecular formula is C9H8ClFO3. The van der Waals surface area contributed by atoms with Crippen molar-refractivity contribution in [2.75, 3.05) is 0 Å². The van der Waals surface area contributed by atoms with Crippen molar-refractivity contribution in [2.45, 2.75) is 12.8 Å². The standard InChI is InChI=1S/C9H8ClFO3/c10-6-3-5(1-2-8(12)13)4-7(11)9(6)14/h3-4,14H,1-2H2,(H,12,13). The van der Waals surface area contributed by atoms with Crippen LogP contribution in [0.25, 0.3) is 0 Å². The van der Waals surface area contributed by atoms with Gasteiger partial charge in [-0.1, -0.05) is 11.6 Å². The van der Waals surface area contributed by atoms with Crippen LogP contribution in [0.3, 0.4) is 0 Å². The number of aromatic hydroxyl groups is 1. The van der Waals surface area contributed by atoms with Gasteiger partial charge >= 0.3 is 5.97 Å². The number of halogens is 2. The fourth-order valence-corrected chi connectivity index (χ4v) is 1.24. The number of hydrogen-bond donors (Lipinski definition) is 2. The van der Waals surface area contributed by atoms with Crippen molar-refractivity contribution in [3.63, 3.8) is 0 Å². The van der Waals surface area contributed by atoms with Gasteiger partial charge < -0.3 is 10.2 Å². The van der Waals surface area contributed by atoms with Crippen LogP contribution in [0.15, 0.2) is 12.1 Å². The van der Waals surface area contributed by atoms with Crippen molar-refractivity contribution in [3.05, 3.63) is 28.5 Å². The predicted molar refractivity (Wildman–Crippen MR) is 49.0 cm³/mol. The average Bonchev–Trinajstić information content (AvgIpc) is 2.10. The zero-order valence-corrected chi connectivity index (χ0v) is 7.88. The molecular weight excluding hydrogens is 211 g/mol. The predicted octanol–water partition coefficient (Wildman–Crippen LogP) is 2.20. The first-order valence-corrected chi connectivity index (χ1v) is 4.27. The summed E-state index contributed by atoms with van der Waals surface area (Å²) in [5.74, 6) is -2.40. The van der Waals surface area contributed by atoms with Gasteiger partial charge in [-0.25, -0.2) is 4.39 Å². The van der Waals surface area contributed by atoms with E-state index in [9.17, 15) is 9.18 Å². The lowest BCUT2D eigenvalue weighted by Crippen LogP contribution is -1.97. The number of aryl methyl sites for hydroxylation is 1. The lowest BCUT2D eigenvalue weighted by molar-refractivity contribution is -0.136. The Labute approximate surface area is 84.7 Å². The minimum atomic E-state index is -0.963. The van der Waals surface area contributed by atoms with Crippen molar-refractivity contribution < 1.29 is 19.4 Å². The van der Waals surface area contributed by atoms with Gasteiger partial charge in [-0.15, -0.1) is 0 Å². The number of carboxylic acids is 1. The van der Waals surface area contributed by atoms with Gasteiger partial charge in [0.25, 0.3) is 0 Å². The van der Waals surface area contributed by atoms with Crippen LogP contribution in [0.4, 0.5) is 4.39 Å². The topological polar surface area (TPSA) is 57.5 Å². The van der Waals surface area contributed by atoms with Crippen molar-refractivity contribution in [1.82, 2.24) is 0 Å². The van der Waals surface area contributed by atoms with E-state index in [4.69, 9.17) is 21.8 Å². The molecule has 0 amide bonds. The second-order valence-corrected chi connectivity index (χ2v) is 3.21. The summed E-state index contributed by atoms with van der Waals surface area (Å²) in [5.41, 5.74) is 0.452. The first-order chi connectivity index (χ1) is 6.50. The van der Waals surface area contributed by atoms with Gasteiger partial charge in [0.1, 0.15) is 0 Å². The second-order valence-electron chi connectivity index (χ2n) is 2.80. The van der Waals surface area contributed by atoms with E-state index in [1.165, 1.54) is 6.07 Å². The summed E-state index contributed by atoms with van der Waals surface area (Å²) in [5, 5.41) is 17.3. The van der Waals surface area contributed by atoms with E-state index in [0.29, 0.717) is 5.56 Å². The molecule has 1 aromatic carbocycles. The van der Waals surface area contributed by atoms with Crippen LogP contribution < -0.4 is 0 Å². The maximum atomic E-state index is 12.9. The Balaban J connectivity index is 2.84. The summed E-state index contributed by atoms with van der Waals surface area (Å²) >= 11 is 5.50. The van der Waals surface area contributed by atoms with Gasteiger partial charge in [-0.2, -0.15) is 0 Å². The van der Waals surface area contributed by atoms with Gasteiger partial charge in [0.15, 0.2) is 11.6 Å².